The molecule has 0 unspecified atom stereocenters. The number of anilines is 1. The molecule has 6 nitrogen and oxygen atoms in total. The number of rotatable bonds is 4. The normalized spacial score (nSPS) is 10.5. The zero-order chi connectivity index (χ0) is 16.4. The Morgan fingerprint density at radius 3 is 2.26 bits per heavy atom. The van der Waals surface area contributed by atoms with Gasteiger partial charge < -0.3 is 10.0 Å². The average Bonchev–Trinajstić information content (AvgIpc) is 3.05. The van der Waals surface area contributed by atoms with E-state index in [1.807, 2.05) is 49.5 Å². The summed E-state index contributed by atoms with van der Waals surface area (Å²) in [6.07, 6.45) is 1.82. The molecule has 0 radical (unpaired) electrons. The van der Waals surface area contributed by atoms with Gasteiger partial charge in [-0.15, -0.1) is 5.10 Å². The third kappa shape index (κ3) is 3.06. The van der Waals surface area contributed by atoms with Crippen LogP contribution in [0.2, 0.25) is 0 Å². The van der Waals surface area contributed by atoms with Crippen LogP contribution in [0.3, 0.4) is 0 Å². The fourth-order valence-electron chi connectivity index (χ4n) is 2.21. The van der Waals surface area contributed by atoms with E-state index in [1.54, 1.807) is 28.9 Å². The highest BCUT2D eigenvalue weighted by molar-refractivity contribution is 5.87. The van der Waals surface area contributed by atoms with Gasteiger partial charge in [-0.1, -0.05) is 17.3 Å². The van der Waals surface area contributed by atoms with E-state index in [9.17, 15) is 4.79 Å². The fourth-order valence-corrected chi connectivity index (χ4v) is 2.21. The molecule has 3 aromatic rings. The standard InChI is InChI=1S/C17H16N4O2/c1-20(2)14-7-3-12(4-8-14)16-11-21(19-18-16)15-9-5-13(6-10-15)17(22)23/h3-11H,1-2H3,(H,22,23). The molecular formula is C17H16N4O2. The first-order chi connectivity index (χ1) is 11.0. The fraction of sp³-hybridized carbons (Fsp3) is 0.118. The molecule has 0 fully saturated rings. The highest BCUT2D eigenvalue weighted by Gasteiger charge is 2.07. The Labute approximate surface area is 133 Å². The molecule has 0 aliphatic heterocycles. The predicted octanol–water partition coefficient (Wildman–Crippen LogP) is 2.70. The Hall–Kier alpha value is -3.15. The minimum absolute atomic E-state index is 0.244. The Morgan fingerprint density at radius 1 is 1.04 bits per heavy atom. The summed E-state index contributed by atoms with van der Waals surface area (Å²) in [6, 6.07) is 14.5. The van der Waals surface area contributed by atoms with Gasteiger partial charge in [0.1, 0.15) is 5.69 Å². The molecule has 0 saturated heterocycles. The van der Waals surface area contributed by atoms with E-state index < -0.39 is 5.97 Å². The number of benzene rings is 2. The van der Waals surface area contributed by atoms with Crippen molar-refractivity contribution in [3.05, 3.63) is 60.3 Å². The Kier molecular flexibility index (Phi) is 3.80. The number of carboxylic acids is 1. The van der Waals surface area contributed by atoms with E-state index >= 15 is 0 Å². The summed E-state index contributed by atoms with van der Waals surface area (Å²) in [5.74, 6) is -0.947. The van der Waals surface area contributed by atoms with Gasteiger partial charge in [0.2, 0.25) is 0 Å². The monoisotopic (exact) mass is 308 g/mol. The van der Waals surface area contributed by atoms with Crippen LogP contribution in [0.5, 0.6) is 0 Å². The third-order valence-electron chi connectivity index (χ3n) is 3.55. The van der Waals surface area contributed by atoms with Gasteiger partial charge in [-0.25, -0.2) is 9.48 Å². The average molecular weight is 308 g/mol. The van der Waals surface area contributed by atoms with E-state index in [2.05, 4.69) is 10.3 Å². The number of hydrogen-bond acceptors (Lipinski definition) is 4. The molecule has 3 rings (SSSR count). The second-order valence-electron chi connectivity index (χ2n) is 5.34. The molecule has 0 amide bonds. The maximum absolute atomic E-state index is 10.9. The van der Waals surface area contributed by atoms with E-state index in [-0.39, 0.29) is 5.56 Å². The number of hydrogen-bond donors (Lipinski definition) is 1. The smallest absolute Gasteiger partial charge is 0.335 e. The number of carboxylic acid groups (broad SMARTS) is 1. The van der Waals surface area contributed by atoms with Crippen molar-refractivity contribution in [2.24, 2.45) is 0 Å². The Bertz CT molecular complexity index is 821. The molecule has 1 N–H and O–H groups in total. The van der Waals surface area contributed by atoms with Crippen molar-refractivity contribution in [3.8, 4) is 16.9 Å². The predicted molar refractivity (Wildman–Crippen MR) is 88.1 cm³/mol. The van der Waals surface area contributed by atoms with E-state index in [4.69, 9.17) is 5.11 Å². The van der Waals surface area contributed by atoms with Gasteiger partial charge >= 0.3 is 5.97 Å². The zero-order valence-electron chi connectivity index (χ0n) is 12.8. The van der Waals surface area contributed by atoms with Crippen molar-refractivity contribution >= 4 is 11.7 Å². The second-order valence-corrected chi connectivity index (χ2v) is 5.34. The van der Waals surface area contributed by atoms with Gasteiger partial charge in [-0.05, 0) is 36.4 Å². The van der Waals surface area contributed by atoms with Crippen molar-refractivity contribution in [1.29, 1.82) is 0 Å². The van der Waals surface area contributed by atoms with Gasteiger partial charge in [0, 0.05) is 25.3 Å². The molecule has 1 heterocycles. The van der Waals surface area contributed by atoms with Crippen LogP contribution in [-0.2, 0) is 0 Å². The Morgan fingerprint density at radius 2 is 1.70 bits per heavy atom. The van der Waals surface area contributed by atoms with E-state index in [1.165, 1.54) is 0 Å². The molecule has 23 heavy (non-hydrogen) atoms. The SMILES string of the molecule is CN(C)c1ccc(-c2cn(-c3ccc(C(=O)O)cc3)nn2)cc1. The summed E-state index contributed by atoms with van der Waals surface area (Å²) >= 11 is 0. The maximum Gasteiger partial charge on any atom is 0.335 e. The van der Waals surface area contributed by atoms with Crippen LogP contribution >= 0.6 is 0 Å². The van der Waals surface area contributed by atoms with E-state index in [0.717, 1.165) is 22.6 Å². The van der Waals surface area contributed by atoms with Crippen LogP contribution in [0.1, 0.15) is 10.4 Å². The van der Waals surface area contributed by atoms with Crippen molar-refractivity contribution in [1.82, 2.24) is 15.0 Å². The lowest BCUT2D eigenvalue weighted by molar-refractivity contribution is 0.0697. The molecule has 0 saturated carbocycles. The molecule has 0 aliphatic carbocycles. The number of nitrogens with zero attached hydrogens (tertiary/aromatic N) is 4. The molecule has 0 spiro atoms. The van der Waals surface area contributed by atoms with Crippen molar-refractivity contribution < 1.29 is 9.90 Å². The van der Waals surface area contributed by atoms with Crippen molar-refractivity contribution in [2.75, 3.05) is 19.0 Å². The lowest BCUT2D eigenvalue weighted by atomic mass is 10.1. The third-order valence-corrected chi connectivity index (χ3v) is 3.55. The summed E-state index contributed by atoms with van der Waals surface area (Å²) in [4.78, 5) is 12.9. The molecule has 116 valence electrons. The minimum atomic E-state index is -0.947. The highest BCUT2D eigenvalue weighted by atomic mass is 16.4. The van der Waals surface area contributed by atoms with Gasteiger partial charge in [-0.3, -0.25) is 0 Å². The summed E-state index contributed by atoms with van der Waals surface area (Å²) in [5.41, 5.74) is 3.86. The van der Waals surface area contributed by atoms with Crippen LogP contribution < -0.4 is 4.90 Å². The largest absolute Gasteiger partial charge is 0.478 e. The van der Waals surface area contributed by atoms with Gasteiger partial charge in [0.05, 0.1) is 17.4 Å². The van der Waals surface area contributed by atoms with Gasteiger partial charge in [-0.2, -0.15) is 0 Å². The topological polar surface area (TPSA) is 71.2 Å². The molecule has 0 aliphatic rings. The second kappa shape index (κ2) is 5.92. The minimum Gasteiger partial charge on any atom is -0.478 e. The number of carbonyl (C=O) groups is 1. The molecule has 1 aromatic heterocycles. The first-order valence-corrected chi connectivity index (χ1v) is 7.08. The van der Waals surface area contributed by atoms with Crippen LogP contribution in [0, 0.1) is 0 Å². The zero-order valence-corrected chi connectivity index (χ0v) is 12.8. The molecule has 0 bridgehead atoms. The number of aromatic nitrogens is 3. The first-order valence-electron chi connectivity index (χ1n) is 7.08. The first kappa shape index (κ1) is 14.8. The summed E-state index contributed by atoms with van der Waals surface area (Å²) < 4.78 is 1.63. The van der Waals surface area contributed by atoms with Crippen LogP contribution in [0.15, 0.2) is 54.7 Å². The molecule has 2 aromatic carbocycles. The number of aromatic carboxylic acids is 1. The maximum atomic E-state index is 10.9. The highest BCUT2D eigenvalue weighted by Crippen LogP contribution is 2.21. The lowest BCUT2D eigenvalue weighted by Gasteiger charge is -2.11. The lowest BCUT2D eigenvalue weighted by Crippen LogP contribution is -2.07. The molecule has 6 heteroatoms. The van der Waals surface area contributed by atoms with Gasteiger partial charge in [0.25, 0.3) is 0 Å². The summed E-state index contributed by atoms with van der Waals surface area (Å²) in [6.45, 7) is 0. The molecular weight excluding hydrogens is 292 g/mol. The van der Waals surface area contributed by atoms with E-state index in [0.29, 0.717) is 0 Å². The Balaban J connectivity index is 1.86. The van der Waals surface area contributed by atoms with Gasteiger partial charge in [0.15, 0.2) is 0 Å². The van der Waals surface area contributed by atoms with Crippen LogP contribution in [0.4, 0.5) is 5.69 Å². The quantitative estimate of drug-likeness (QED) is 0.802. The van der Waals surface area contributed by atoms with Crippen molar-refractivity contribution in [2.45, 2.75) is 0 Å². The van der Waals surface area contributed by atoms with Crippen molar-refractivity contribution in [3.63, 3.8) is 0 Å². The summed E-state index contributed by atoms with van der Waals surface area (Å²) in [5, 5.41) is 17.2. The van der Waals surface area contributed by atoms with Crippen LogP contribution in [0.25, 0.3) is 16.9 Å². The molecule has 0 atom stereocenters. The summed E-state index contributed by atoms with van der Waals surface area (Å²) in [7, 11) is 3.98. The van der Waals surface area contributed by atoms with Crippen LogP contribution in [-0.4, -0.2) is 40.2 Å².